The van der Waals surface area contributed by atoms with Crippen LogP contribution in [0.3, 0.4) is 0 Å². The molecule has 1 fully saturated rings. The zero-order valence-corrected chi connectivity index (χ0v) is 13.8. The standard InChI is InChI=1S/C16H16BrNO2S/c17-14-7-4-8-15(11-14)21(19,20)18-16(13-9-10-13)12-5-2-1-3-6-12/h1-8,11,13,16,18H,9-10H2. The highest BCUT2D eigenvalue weighted by molar-refractivity contribution is 9.10. The van der Waals surface area contributed by atoms with Crippen LogP contribution in [0, 0.1) is 5.92 Å². The van der Waals surface area contributed by atoms with Gasteiger partial charge in [-0.05, 0) is 42.5 Å². The van der Waals surface area contributed by atoms with Gasteiger partial charge in [0, 0.05) is 10.5 Å². The lowest BCUT2D eigenvalue weighted by molar-refractivity contribution is 0.529. The number of sulfonamides is 1. The largest absolute Gasteiger partial charge is 0.241 e. The van der Waals surface area contributed by atoms with Gasteiger partial charge in [-0.15, -0.1) is 0 Å². The highest BCUT2D eigenvalue weighted by atomic mass is 79.9. The predicted molar refractivity (Wildman–Crippen MR) is 86.4 cm³/mol. The topological polar surface area (TPSA) is 46.2 Å². The molecule has 3 rings (SSSR count). The summed E-state index contributed by atoms with van der Waals surface area (Å²) in [4.78, 5) is 0.290. The van der Waals surface area contributed by atoms with E-state index in [4.69, 9.17) is 0 Å². The van der Waals surface area contributed by atoms with Crippen molar-refractivity contribution >= 4 is 26.0 Å². The molecule has 0 aromatic heterocycles. The molecule has 0 heterocycles. The molecule has 0 aliphatic heterocycles. The van der Waals surface area contributed by atoms with Crippen LogP contribution >= 0.6 is 15.9 Å². The summed E-state index contributed by atoms with van der Waals surface area (Å²) in [6, 6.07) is 16.4. The van der Waals surface area contributed by atoms with Crippen molar-refractivity contribution < 1.29 is 8.42 Å². The van der Waals surface area contributed by atoms with E-state index in [1.54, 1.807) is 18.2 Å². The minimum absolute atomic E-state index is 0.143. The molecule has 2 aromatic rings. The number of nitrogens with one attached hydrogen (secondary N) is 1. The Bertz CT molecular complexity index is 727. The summed E-state index contributed by atoms with van der Waals surface area (Å²) in [6.07, 6.45) is 2.14. The first-order chi connectivity index (χ1) is 10.1. The van der Waals surface area contributed by atoms with Crippen LogP contribution in [0.25, 0.3) is 0 Å². The van der Waals surface area contributed by atoms with Gasteiger partial charge < -0.3 is 0 Å². The molecule has 2 aromatic carbocycles. The maximum Gasteiger partial charge on any atom is 0.241 e. The minimum Gasteiger partial charge on any atom is -0.207 e. The Balaban J connectivity index is 1.89. The molecule has 1 atom stereocenters. The molecular formula is C16H16BrNO2S. The van der Waals surface area contributed by atoms with Gasteiger partial charge in [0.1, 0.15) is 0 Å². The van der Waals surface area contributed by atoms with Crippen molar-refractivity contribution in [3.63, 3.8) is 0 Å². The van der Waals surface area contributed by atoms with Crippen molar-refractivity contribution in [2.45, 2.75) is 23.8 Å². The van der Waals surface area contributed by atoms with E-state index in [2.05, 4.69) is 20.7 Å². The highest BCUT2D eigenvalue weighted by Crippen LogP contribution is 2.41. The molecule has 110 valence electrons. The van der Waals surface area contributed by atoms with E-state index in [1.807, 2.05) is 36.4 Å². The average Bonchev–Trinajstić information content (AvgIpc) is 3.30. The van der Waals surface area contributed by atoms with Gasteiger partial charge in [-0.2, -0.15) is 0 Å². The SMILES string of the molecule is O=S(=O)(NC(c1ccccc1)C1CC1)c1cccc(Br)c1. The smallest absolute Gasteiger partial charge is 0.207 e. The molecule has 5 heteroatoms. The second-order valence-corrected chi connectivity index (χ2v) is 7.93. The molecule has 0 spiro atoms. The molecule has 0 saturated heterocycles. The first-order valence-corrected chi connectivity index (χ1v) is 9.17. The van der Waals surface area contributed by atoms with Crippen molar-refractivity contribution in [2.24, 2.45) is 5.92 Å². The van der Waals surface area contributed by atoms with Crippen molar-refractivity contribution in [3.8, 4) is 0 Å². The normalized spacial score (nSPS) is 16.6. The molecule has 1 aliphatic carbocycles. The second-order valence-electron chi connectivity index (χ2n) is 5.30. The Hall–Kier alpha value is -1.17. The fourth-order valence-corrected chi connectivity index (χ4v) is 4.29. The van der Waals surface area contributed by atoms with Gasteiger partial charge in [-0.3, -0.25) is 0 Å². The molecule has 21 heavy (non-hydrogen) atoms. The number of halogens is 1. The van der Waals surface area contributed by atoms with E-state index in [-0.39, 0.29) is 6.04 Å². The van der Waals surface area contributed by atoms with Crippen LogP contribution in [-0.2, 0) is 10.0 Å². The van der Waals surface area contributed by atoms with Crippen LogP contribution in [0.2, 0.25) is 0 Å². The number of benzene rings is 2. The fraction of sp³-hybridized carbons (Fsp3) is 0.250. The lowest BCUT2D eigenvalue weighted by atomic mass is 10.0. The molecule has 1 N–H and O–H groups in total. The number of hydrogen-bond acceptors (Lipinski definition) is 2. The van der Waals surface area contributed by atoms with Crippen molar-refractivity contribution in [1.29, 1.82) is 0 Å². The summed E-state index contributed by atoms with van der Waals surface area (Å²) in [5, 5.41) is 0. The number of hydrogen-bond donors (Lipinski definition) is 1. The van der Waals surface area contributed by atoms with Gasteiger partial charge >= 0.3 is 0 Å². The van der Waals surface area contributed by atoms with Gasteiger partial charge in [0.2, 0.25) is 10.0 Å². The van der Waals surface area contributed by atoms with Crippen LogP contribution in [0.1, 0.15) is 24.4 Å². The summed E-state index contributed by atoms with van der Waals surface area (Å²) < 4.78 is 28.8. The first kappa shape index (κ1) is 14.8. The van der Waals surface area contributed by atoms with E-state index < -0.39 is 10.0 Å². The molecule has 1 aliphatic rings. The van der Waals surface area contributed by atoms with Crippen LogP contribution in [-0.4, -0.2) is 8.42 Å². The Labute approximate surface area is 133 Å². The number of rotatable bonds is 5. The summed E-state index contributed by atoms with van der Waals surface area (Å²) in [5.41, 5.74) is 1.03. The maximum atomic E-state index is 12.6. The molecule has 1 unspecified atom stereocenters. The minimum atomic E-state index is -3.52. The molecule has 3 nitrogen and oxygen atoms in total. The Morgan fingerprint density at radius 1 is 1.05 bits per heavy atom. The zero-order chi connectivity index (χ0) is 14.9. The molecule has 0 radical (unpaired) electrons. The van der Waals surface area contributed by atoms with Crippen molar-refractivity contribution in [3.05, 3.63) is 64.6 Å². The van der Waals surface area contributed by atoms with Crippen LogP contribution in [0.5, 0.6) is 0 Å². The van der Waals surface area contributed by atoms with Gasteiger partial charge in [-0.25, -0.2) is 13.1 Å². The van der Waals surface area contributed by atoms with Gasteiger partial charge in [0.15, 0.2) is 0 Å². The second kappa shape index (κ2) is 5.91. The van der Waals surface area contributed by atoms with E-state index in [9.17, 15) is 8.42 Å². The van der Waals surface area contributed by atoms with Crippen LogP contribution < -0.4 is 4.72 Å². The fourth-order valence-electron chi connectivity index (χ4n) is 2.40. The Morgan fingerprint density at radius 3 is 2.38 bits per heavy atom. The van der Waals surface area contributed by atoms with Crippen LogP contribution in [0.15, 0.2) is 64.0 Å². The Kier molecular flexibility index (Phi) is 4.15. The van der Waals surface area contributed by atoms with E-state index >= 15 is 0 Å². The predicted octanol–water partition coefficient (Wildman–Crippen LogP) is 3.88. The van der Waals surface area contributed by atoms with Crippen LogP contribution in [0.4, 0.5) is 0 Å². The molecule has 1 saturated carbocycles. The summed E-state index contributed by atoms with van der Waals surface area (Å²) in [6.45, 7) is 0. The maximum absolute atomic E-state index is 12.6. The summed E-state index contributed by atoms with van der Waals surface area (Å²) >= 11 is 3.31. The lowest BCUT2D eigenvalue weighted by Gasteiger charge is -2.19. The van der Waals surface area contributed by atoms with E-state index in [0.717, 1.165) is 22.9 Å². The lowest BCUT2D eigenvalue weighted by Crippen LogP contribution is -2.30. The Morgan fingerprint density at radius 2 is 1.76 bits per heavy atom. The van der Waals surface area contributed by atoms with Gasteiger partial charge in [-0.1, -0.05) is 52.3 Å². The van der Waals surface area contributed by atoms with Gasteiger partial charge in [0.25, 0.3) is 0 Å². The van der Waals surface area contributed by atoms with Crippen molar-refractivity contribution in [2.75, 3.05) is 0 Å². The van der Waals surface area contributed by atoms with E-state index in [1.165, 1.54) is 0 Å². The van der Waals surface area contributed by atoms with E-state index in [0.29, 0.717) is 10.8 Å². The third-order valence-corrected chi connectivity index (χ3v) is 5.57. The monoisotopic (exact) mass is 365 g/mol. The summed E-state index contributed by atoms with van der Waals surface area (Å²) in [5.74, 6) is 0.398. The third kappa shape index (κ3) is 3.54. The first-order valence-electron chi connectivity index (χ1n) is 6.89. The summed E-state index contributed by atoms with van der Waals surface area (Å²) in [7, 11) is -3.52. The third-order valence-electron chi connectivity index (χ3n) is 3.64. The molecule has 0 bridgehead atoms. The molecular weight excluding hydrogens is 350 g/mol. The van der Waals surface area contributed by atoms with Gasteiger partial charge in [0.05, 0.1) is 4.90 Å². The quantitative estimate of drug-likeness (QED) is 0.873. The average molecular weight is 366 g/mol. The van der Waals surface area contributed by atoms with Crippen molar-refractivity contribution in [1.82, 2.24) is 4.72 Å². The highest BCUT2D eigenvalue weighted by Gasteiger charge is 2.35. The zero-order valence-electron chi connectivity index (χ0n) is 11.4. The molecule has 0 amide bonds.